The summed E-state index contributed by atoms with van der Waals surface area (Å²) in [4.78, 5) is 0. The van der Waals surface area contributed by atoms with Crippen molar-refractivity contribution in [3.8, 4) is 0 Å². The van der Waals surface area contributed by atoms with Crippen molar-refractivity contribution in [2.24, 2.45) is 11.8 Å². The van der Waals surface area contributed by atoms with E-state index in [-0.39, 0.29) is 6.10 Å². The second kappa shape index (κ2) is 1.96. The number of rotatable bonds is 1. The fourth-order valence-electron chi connectivity index (χ4n) is 1.69. The van der Waals surface area contributed by atoms with E-state index in [4.69, 9.17) is 0 Å². The highest BCUT2D eigenvalue weighted by atomic mass is 16.3. The summed E-state index contributed by atoms with van der Waals surface area (Å²) in [5, 5.41) is 12.5. The van der Waals surface area contributed by atoms with E-state index in [9.17, 15) is 5.11 Å². The number of β-amino-alcohol motifs (C(OH)–C–C–N with tert-alkyl or cyclic N) is 1. The van der Waals surface area contributed by atoms with Gasteiger partial charge in [-0.15, -0.1) is 0 Å². The molecule has 2 atom stereocenters. The second-order valence-electron chi connectivity index (χ2n) is 3.23. The Balaban J connectivity index is 1.93. The first-order valence-corrected chi connectivity index (χ1v) is 3.76. The van der Waals surface area contributed by atoms with Crippen LogP contribution < -0.4 is 5.32 Å². The Morgan fingerprint density at radius 1 is 1.22 bits per heavy atom. The van der Waals surface area contributed by atoms with Crippen LogP contribution in [0.5, 0.6) is 0 Å². The first-order chi connectivity index (χ1) is 4.38. The Hall–Kier alpha value is -0.0800. The van der Waals surface area contributed by atoms with Crippen LogP contribution in [0, 0.1) is 11.8 Å². The van der Waals surface area contributed by atoms with E-state index in [0.717, 1.165) is 19.0 Å². The lowest BCUT2D eigenvalue weighted by Crippen LogP contribution is -2.19. The van der Waals surface area contributed by atoms with Crippen LogP contribution >= 0.6 is 0 Å². The van der Waals surface area contributed by atoms with Gasteiger partial charge in [-0.3, -0.25) is 0 Å². The Morgan fingerprint density at radius 2 is 2.00 bits per heavy atom. The molecule has 1 aliphatic heterocycles. The predicted molar refractivity (Wildman–Crippen MR) is 35.1 cm³/mol. The lowest BCUT2D eigenvalue weighted by atomic mass is 10.0. The molecule has 2 rings (SSSR count). The second-order valence-corrected chi connectivity index (χ2v) is 3.23. The zero-order valence-electron chi connectivity index (χ0n) is 5.51. The molecule has 0 bridgehead atoms. The van der Waals surface area contributed by atoms with Crippen molar-refractivity contribution in [1.29, 1.82) is 0 Å². The Morgan fingerprint density at radius 3 is 2.44 bits per heavy atom. The average Bonchev–Trinajstić information content (AvgIpc) is 2.58. The highest BCUT2D eigenvalue weighted by Crippen LogP contribution is 2.39. The fraction of sp³-hybridized carbons (Fsp3) is 1.00. The first kappa shape index (κ1) is 5.69. The summed E-state index contributed by atoms with van der Waals surface area (Å²) in [5.41, 5.74) is 0. The largest absolute Gasteiger partial charge is 0.391 e. The van der Waals surface area contributed by atoms with Crippen molar-refractivity contribution in [3.05, 3.63) is 0 Å². The summed E-state index contributed by atoms with van der Waals surface area (Å²) < 4.78 is 0. The standard InChI is InChI=1S/C7H13NO/c9-7-4-8-3-6(7)5-1-2-5/h5-9H,1-4H2/t6?,7-/m1/s1. The quantitative estimate of drug-likeness (QED) is 0.518. The molecule has 1 heterocycles. The van der Waals surface area contributed by atoms with Crippen LogP contribution in [0.2, 0.25) is 0 Å². The summed E-state index contributed by atoms with van der Waals surface area (Å²) in [5.74, 6) is 1.44. The zero-order valence-corrected chi connectivity index (χ0v) is 5.51. The predicted octanol–water partition coefficient (Wildman–Crippen LogP) is -0.0233. The van der Waals surface area contributed by atoms with Gasteiger partial charge in [-0.05, 0) is 18.8 Å². The number of hydrogen-bond acceptors (Lipinski definition) is 2. The Kier molecular flexibility index (Phi) is 1.24. The van der Waals surface area contributed by atoms with Crippen LogP contribution in [0.3, 0.4) is 0 Å². The van der Waals surface area contributed by atoms with Gasteiger partial charge in [0.05, 0.1) is 6.10 Å². The molecule has 2 N–H and O–H groups in total. The van der Waals surface area contributed by atoms with E-state index < -0.39 is 0 Å². The maximum Gasteiger partial charge on any atom is 0.0707 e. The van der Waals surface area contributed by atoms with Gasteiger partial charge >= 0.3 is 0 Å². The van der Waals surface area contributed by atoms with Gasteiger partial charge in [0.1, 0.15) is 0 Å². The Labute approximate surface area is 55.3 Å². The number of nitrogens with one attached hydrogen (secondary N) is 1. The van der Waals surface area contributed by atoms with Crippen molar-refractivity contribution in [1.82, 2.24) is 5.32 Å². The molecular formula is C7H13NO. The maximum atomic E-state index is 9.34. The fourth-order valence-corrected chi connectivity index (χ4v) is 1.69. The Bertz CT molecular complexity index is 111. The molecule has 0 aromatic heterocycles. The minimum absolute atomic E-state index is 0.0440. The summed E-state index contributed by atoms with van der Waals surface area (Å²) in [7, 11) is 0. The summed E-state index contributed by atoms with van der Waals surface area (Å²) >= 11 is 0. The third-order valence-corrected chi connectivity index (χ3v) is 2.46. The molecule has 0 aromatic rings. The van der Waals surface area contributed by atoms with E-state index in [1.807, 2.05) is 0 Å². The van der Waals surface area contributed by atoms with E-state index >= 15 is 0 Å². The van der Waals surface area contributed by atoms with Crippen LogP contribution in [0.4, 0.5) is 0 Å². The third kappa shape index (κ3) is 0.970. The lowest BCUT2D eigenvalue weighted by molar-refractivity contribution is 0.136. The van der Waals surface area contributed by atoms with Gasteiger partial charge in [0.25, 0.3) is 0 Å². The van der Waals surface area contributed by atoms with E-state index in [1.165, 1.54) is 12.8 Å². The molecule has 2 fully saturated rings. The van der Waals surface area contributed by atoms with E-state index in [0.29, 0.717) is 5.92 Å². The molecular weight excluding hydrogens is 114 g/mol. The molecule has 1 saturated carbocycles. The monoisotopic (exact) mass is 127 g/mol. The first-order valence-electron chi connectivity index (χ1n) is 3.76. The van der Waals surface area contributed by atoms with Crippen LogP contribution in [0.1, 0.15) is 12.8 Å². The summed E-state index contributed by atoms with van der Waals surface area (Å²) in [6, 6.07) is 0. The van der Waals surface area contributed by atoms with Crippen molar-refractivity contribution >= 4 is 0 Å². The van der Waals surface area contributed by atoms with E-state index in [2.05, 4.69) is 5.32 Å². The van der Waals surface area contributed by atoms with Crippen LogP contribution in [-0.4, -0.2) is 24.3 Å². The SMILES string of the molecule is O[C@@H]1CNCC1C1CC1. The highest BCUT2D eigenvalue weighted by Gasteiger charge is 2.38. The number of hydrogen-bond donors (Lipinski definition) is 2. The molecule has 1 unspecified atom stereocenters. The van der Waals surface area contributed by atoms with Gasteiger partial charge in [0.15, 0.2) is 0 Å². The molecule has 9 heavy (non-hydrogen) atoms. The highest BCUT2D eigenvalue weighted by molar-refractivity contribution is 4.91. The molecule has 0 aromatic carbocycles. The molecule has 2 aliphatic rings. The van der Waals surface area contributed by atoms with Crippen molar-refractivity contribution in [2.75, 3.05) is 13.1 Å². The van der Waals surface area contributed by atoms with Gasteiger partial charge in [0, 0.05) is 19.0 Å². The lowest BCUT2D eigenvalue weighted by Gasteiger charge is -2.09. The maximum absolute atomic E-state index is 9.34. The van der Waals surface area contributed by atoms with Gasteiger partial charge < -0.3 is 10.4 Å². The molecule has 1 saturated heterocycles. The molecule has 0 radical (unpaired) electrons. The van der Waals surface area contributed by atoms with Gasteiger partial charge in [-0.1, -0.05) is 0 Å². The van der Waals surface area contributed by atoms with Gasteiger partial charge in [-0.25, -0.2) is 0 Å². The van der Waals surface area contributed by atoms with E-state index in [1.54, 1.807) is 0 Å². The van der Waals surface area contributed by atoms with Gasteiger partial charge in [0.2, 0.25) is 0 Å². The van der Waals surface area contributed by atoms with Crippen molar-refractivity contribution in [2.45, 2.75) is 18.9 Å². The smallest absolute Gasteiger partial charge is 0.0707 e. The topological polar surface area (TPSA) is 32.3 Å². The molecule has 2 nitrogen and oxygen atoms in total. The third-order valence-electron chi connectivity index (χ3n) is 2.46. The van der Waals surface area contributed by atoms with Gasteiger partial charge in [-0.2, -0.15) is 0 Å². The molecule has 1 aliphatic carbocycles. The van der Waals surface area contributed by atoms with Crippen LogP contribution in [0.25, 0.3) is 0 Å². The normalized spacial score (nSPS) is 43.7. The minimum Gasteiger partial charge on any atom is -0.391 e. The van der Waals surface area contributed by atoms with Crippen molar-refractivity contribution < 1.29 is 5.11 Å². The average molecular weight is 127 g/mol. The number of aliphatic hydroxyl groups is 1. The summed E-state index contributed by atoms with van der Waals surface area (Å²) in [6.07, 6.45) is 2.66. The molecule has 2 heteroatoms. The van der Waals surface area contributed by atoms with Crippen LogP contribution in [0.15, 0.2) is 0 Å². The van der Waals surface area contributed by atoms with Crippen LogP contribution in [-0.2, 0) is 0 Å². The van der Waals surface area contributed by atoms with Crippen molar-refractivity contribution in [3.63, 3.8) is 0 Å². The minimum atomic E-state index is -0.0440. The zero-order chi connectivity index (χ0) is 6.27. The molecule has 0 spiro atoms. The molecule has 0 amide bonds. The number of aliphatic hydroxyl groups excluding tert-OH is 1. The summed E-state index contributed by atoms with van der Waals surface area (Å²) in [6.45, 7) is 1.87. The molecule has 52 valence electrons.